The Hall–Kier alpha value is -2.54. The second-order valence-corrected chi connectivity index (χ2v) is 6.47. The second-order valence-electron chi connectivity index (χ2n) is 6.47. The molecule has 7 heteroatoms. The van der Waals surface area contributed by atoms with Crippen LogP contribution in [-0.2, 0) is 6.18 Å². The van der Waals surface area contributed by atoms with Gasteiger partial charge in [-0.2, -0.15) is 13.2 Å². The van der Waals surface area contributed by atoms with Crippen LogP contribution in [0.2, 0.25) is 0 Å². The number of nitrogens with zero attached hydrogens (tertiary/aromatic N) is 1. The van der Waals surface area contributed by atoms with Gasteiger partial charge in [0.2, 0.25) is 0 Å². The molecule has 0 saturated carbocycles. The number of aliphatic hydroxyl groups excluding tert-OH is 1. The quantitative estimate of drug-likeness (QED) is 0.874. The highest BCUT2D eigenvalue weighted by Gasteiger charge is 2.34. The van der Waals surface area contributed by atoms with Crippen molar-refractivity contribution < 1.29 is 27.8 Å². The van der Waals surface area contributed by atoms with E-state index in [0.717, 1.165) is 18.9 Å². The number of aliphatic hydroxyl groups is 1. The van der Waals surface area contributed by atoms with E-state index in [0.29, 0.717) is 23.2 Å². The zero-order valence-corrected chi connectivity index (χ0v) is 14.8. The summed E-state index contributed by atoms with van der Waals surface area (Å²) in [6.45, 7) is 0.523. The first kappa shape index (κ1) is 19.2. The van der Waals surface area contributed by atoms with Crippen LogP contribution in [-0.4, -0.2) is 42.2 Å². The smallest absolute Gasteiger partial charge is 0.419 e. The van der Waals surface area contributed by atoms with Gasteiger partial charge in [0.05, 0.1) is 25.3 Å². The summed E-state index contributed by atoms with van der Waals surface area (Å²) < 4.78 is 44.4. The number of carbonyl (C=O) groups excluding carboxylic acids is 1. The van der Waals surface area contributed by atoms with Crippen molar-refractivity contribution in [1.29, 1.82) is 0 Å². The first-order valence-electron chi connectivity index (χ1n) is 8.62. The zero-order valence-electron chi connectivity index (χ0n) is 14.8. The van der Waals surface area contributed by atoms with Crippen molar-refractivity contribution in [2.45, 2.75) is 25.1 Å². The van der Waals surface area contributed by atoms with Crippen LogP contribution in [0.4, 0.5) is 13.2 Å². The molecule has 1 fully saturated rings. The molecule has 1 unspecified atom stereocenters. The standard InChI is InChI=1S/C20H20F3NO3/c1-27-18-9-8-15(11-17(18)20(21,22)23)13-4-6-14(7-5-13)19(26)24-10-2-3-16(24)12-25/h4-9,11,16,25H,2-3,10,12H2,1H3. The van der Waals surface area contributed by atoms with Crippen molar-refractivity contribution in [1.82, 2.24) is 4.90 Å². The maximum atomic E-state index is 13.2. The molecular weight excluding hydrogens is 359 g/mol. The Bertz CT molecular complexity index is 818. The highest BCUT2D eigenvalue weighted by atomic mass is 19.4. The van der Waals surface area contributed by atoms with Crippen LogP contribution in [0.5, 0.6) is 5.75 Å². The van der Waals surface area contributed by atoms with Crippen LogP contribution in [0.1, 0.15) is 28.8 Å². The van der Waals surface area contributed by atoms with Crippen molar-refractivity contribution in [3.63, 3.8) is 0 Å². The topological polar surface area (TPSA) is 49.8 Å². The fraction of sp³-hybridized carbons (Fsp3) is 0.350. The Morgan fingerprint density at radius 1 is 1.19 bits per heavy atom. The Kier molecular flexibility index (Phi) is 5.41. The van der Waals surface area contributed by atoms with Gasteiger partial charge in [0.15, 0.2) is 0 Å². The number of ether oxygens (including phenoxy) is 1. The number of hydrogen-bond donors (Lipinski definition) is 1. The van der Waals surface area contributed by atoms with E-state index in [2.05, 4.69) is 0 Å². The van der Waals surface area contributed by atoms with Gasteiger partial charge in [-0.3, -0.25) is 4.79 Å². The molecule has 144 valence electrons. The predicted molar refractivity (Wildman–Crippen MR) is 94.6 cm³/mol. The summed E-state index contributed by atoms with van der Waals surface area (Å²) >= 11 is 0. The largest absolute Gasteiger partial charge is 0.496 e. The lowest BCUT2D eigenvalue weighted by Crippen LogP contribution is -2.37. The average Bonchev–Trinajstić information content (AvgIpc) is 3.15. The van der Waals surface area contributed by atoms with Gasteiger partial charge in [0.25, 0.3) is 5.91 Å². The van der Waals surface area contributed by atoms with Crippen molar-refractivity contribution in [2.75, 3.05) is 20.3 Å². The van der Waals surface area contributed by atoms with E-state index in [1.54, 1.807) is 35.2 Å². The third kappa shape index (κ3) is 3.93. The van der Waals surface area contributed by atoms with Gasteiger partial charge < -0.3 is 14.7 Å². The van der Waals surface area contributed by atoms with Crippen LogP contribution in [0.3, 0.4) is 0 Å². The molecule has 1 aliphatic rings. The van der Waals surface area contributed by atoms with Crippen molar-refractivity contribution >= 4 is 5.91 Å². The molecule has 1 atom stereocenters. The normalized spacial score (nSPS) is 17.2. The van der Waals surface area contributed by atoms with Gasteiger partial charge in [-0.25, -0.2) is 0 Å². The number of rotatable bonds is 4. The van der Waals surface area contributed by atoms with Crippen molar-refractivity contribution in [3.05, 3.63) is 53.6 Å². The van der Waals surface area contributed by atoms with Crippen molar-refractivity contribution in [3.8, 4) is 16.9 Å². The Labute approximate surface area is 155 Å². The number of methoxy groups -OCH3 is 1. The molecule has 2 aromatic rings. The molecule has 1 saturated heterocycles. The lowest BCUT2D eigenvalue weighted by atomic mass is 10.0. The summed E-state index contributed by atoms with van der Waals surface area (Å²) in [5.41, 5.74) is 0.561. The van der Waals surface area contributed by atoms with E-state index in [4.69, 9.17) is 4.74 Å². The molecule has 0 aromatic heterocycles. The maximum absolute atomic E-state index is 13.2. The minimum absolute atomic E-state index is 0.0735. The number of likely N-dealkylation sites (tertiary alicyclic amines) is 1. The van der Waals surface area contributed by atoms with Gasteiger partial charge in [-0.1, -0.05) is 18.2 Å². The third-order valence-corrected chi connectivity index (χ3v) is 4.82. The first-order valence-corrected chi connectivity index (χ1v) is 8.62. The molecule has 1 heterocycles. The molecule has 0 radical (unpaired) electrons. The van der Waals surface area contributed by atoms with E-state index in [9.17, 15) is 23.1 Å². The molecule has 0 aliphatic carbocycles. The maximum Gasteiger partial charge on any atom is 0.419 e. The fourth-order valence-corrected chi connectivity index (χ4v) is 3.37. The van der Waals surface area contributed by atoms with Crippen molar-refractivity contribution in [2.24, 2.45) is 0 Å². The molecule has 1 N–H and O–H groups in total. The van der Waals surface area contributed by atoms with Crippen LogP contribution >= 0.6 is 0 Å². The van der Waals surface area contributed by atoms with Gasteiger partial charge in [-0.05, 0) is 48.2 Å². The van der Waals surface area contributed by atoms with Gasteiger partial charge in [0.1, 0.15) is 5.75 Å². The van der Waals surface area contributed by atoms with Crippen LogP contribution in [0.25, 0.3) is 11.1 Å². The van der Waals surface area contributed by atoms with Gasteiger partial charge in [0, 0.05) is 12.1 Å². The molecule has 3 rings (SSSR count). The number of amides is 1. The monoisotopic (exact) mass is 379 g/mol. The van der Waals surface area contributed by atoms with E-state index in [1.807, 2.05) is 0 Å². The highest BCUT2D eigenvalue weighted by molar-refractivity contribution is 5.95. The van der Waals surface area contributed by atoms with Gasteiger partial charge in [-0.15, -0.1) is 0 Å². The molecule has 27 heavy (non-hydrogen) atoms. The summed E-state index contributed by atoms with van der Waals surface area (Å²) in [4.78, 5) is 14.2. The van der Waals surface area contributed by atoms with E-state index < -0.39 is 11.7 Å². The lowest BCUT2D eigenvalue weighted by Gasteiger charge is -2.23. The summed E-state index contributed by atoms with van der Waals surface area (Å²) in [5.74, 6) is -0.411. The Balaban J connectivity index is 1.86. The van der Waals surface area contributed by atoms with E-state index in [1.165, 1.54) is 13.2 Å². The average molecular weight is 379 g/mol. The first-order chi connectivity index (χ1) is 12.8. The third-order valence-electron chi connectivity index (χ3n) is 4.82. The van der Waals surface area contributed by atoms with Crippen LogP contribution in [0.15, 0.2) is 42.5 Å². The molecule has 1 aliphatic heterocycles. The molecule has 4 nitrogen and oxygen atoms in total. The Morgan fingerprint density at radius 2 is 1.85 bits per heavy atom. The SMILES string of the molecule is COc1ccc(-c2ccc(C(=O)N3CCCC3CO)cc2)cc1C(F)(F)F. The molecule has 0 bridgehead atoms. The number of benzene rings is 2. The molecule has 1 amide bonds. The number of carbonyl (C=O) groups is 1. The predicted octanol–water partition coefficient (Wildman–Crippen LogP) is 3.98. The summed E-state index contributed by atoms with van der Waals surface area (Å²) in [5, 5.41) is 9.36. The minimum Gasteiger partial charge on any atom is -0.496 e. The van der Waals surface area contributed by atoms with E-state index >= 15 is 0 Å². The van der Waals surface area contributed by atoms with Gasteiger partial charge >= 0.3 is 6.18 Å². The molecule has 2 aromatic carbocycles. The Morgan fingerprint density at radius 3 is 2.44 bits per heavy atom. The van der Waals surface area contributed by atoms with E-state index in [-0.39, 0.29) is 24.3 Å². The summed E-state index contributed by atoms with van der Waals surface area (Å²) in [7, 11) is 1.20. The number of alkyl halides is 3. The minimum atomic E-state index is -4.52. The summed E-state index contributed by atoms with van der Waals surface area (Å²) in [6.07, 6.45) is -2.90. The number of halogens is 3. The van der Waals surface area contributed by atoms with Crippen LogP contribution < -0.4 is 4.74 Å². The second kappa shape index (κ2) is 7.60. The lowest BCUT2D eigenvalue weighted by molar-refractivity contribution is -0.138. The molecule has 0 spiro atoms. The molecular formula is C20H20F3NO3. The highest BCUT2D eigenvalue weighted by Crippen LogP contribution is 2.38. The fourth-order valence-electron chi connectivity index (χ4n) is 3.37. The number of hydrogen-bond acceptors (Lipinski definition) is 3. The van der Waals surface area contributed by atoms with Crippen LogP contribution in [0, 0.1) is 0 Å². The summed E-state index contributed by atoms with van der Waals surface area (Å²) in [6, 6.07) is 10.1. The zero-order chi connectivity index (χ0) is 19.6.